The predicted octanol–water partition coefficient (Wildman–Crippen LogP) is 2.43. The number of rotatable bonds is 1. The van der Waals surface area contributed by atoms with Gasteiger partial charge in [0.2, 0.25) is 11.8 Å². The Morgan fingerprint density at radius 3 is 2.24 bits per heavy atom. The summed E-state index contributed by atoms with van der Waals surface area (Å²) >= 11 is 0. The fourth-order valence-electron chi connectivity index (χ4n) is 5.63. The average molecular weight is 336 g/mol. The third-order valence-corrected chi connectivity index (χ3v) is 7.05. The topological polar surface area (TPSA) is 59.0 Å². The molecule has 2 bridgehead atoms. The molecule has 5 nitrogen and oxygen atoms in total. The van der Waals surface area contributed by atoms with E-state index >= 15 is 0 Å². The van der Waals surface area contributed by atoms with E-state index in [1.807, 2.05) is 30.3 Å². The summed E-state index contributed by atoms with van der Waals surface area (Å²) in [7, 11) is 1.63. The van der Waals surface area contributed by atoms with E-state index in [4.69, 9.17) is 9.73 Å². The Morgan fingerprint density at radius 1 is 1.00 bits per heavy atom. The van der Waals surface area contributed by atoms with Crippen molar-refractivity contribution in [3.05, 3.63) is 42.5 Å². The summed E-state index contributed by atoms with van der Waals surface area (Å²) in [5.41, 5.74) is -0.0613. The van der Waals surface area contributed by atoms with Crippen LogP contribution in [0.5, 0.6) is 0 Å². The zero-order valence-corrected chi connectivity index (χ0v) is 14.5. The SMILES string of the molecule is COC1=NC2(C)C3C=CC(C4C(=O)N(c5ccccc5)C(=O)C43)C12C. The maximum Gasteiger partial charge on any atom is 0.238 e. The lowest BCUT2D eigenvalue weighted by Gasteiger charge is -2.65. The molecular weight excluding hydrogens is 316 g/mol. The van der Waals surface area contributed by atoms with Gasteiger partial charge in [-0.05, 0) is 26.0 Å². The van der Waals surface area contributed by atoms with Gasteiger partial charge in [0.1, 0.15) is 0 Å². The van der Waals surface area contributed by atoms with Crippen molar-refractivity contribution in [1.82, 2.24) is 0 Å². The van der Waals surface area contributed by atoms with Crippen molar-refractivity contribution in [2.45, 2.75) is 19.4 Å². The number of carbonyl (C=O) groups is 2. The lowest BCUT2D eigenvalue weighted by atomic mass is 9.42. The third-order valence-electron chi connectivity index (χ3n) is 7.05. The van der Waals surface area contributed by atoms with Gasteiger partial charge in [-0.15, -0.1) is 0 Å². The van der Waals surface area contributed by atoms with E-state index in [0.717, 1.165) is 0 Å². The second-order valence-corrected chi connectivity index (χ2v) is 7.81. The molecule has 1 saturated heterocycles. The van der Waals surface area contributed by atoms with E-state index in [1.165, 1.54) is 4.90 Å². The molecule has 0 spiro atoms. The fourth-order valence-corrected chi connectivity index (χ4v) is 5.63. The second-order valence-electron chi connectivity index (χ2n) is 7.81. The molecule has 2 amide bonds. The van der Waals surface area contributed by atoms with Crippen molar-refractivity contribution in [3.63, 3.8) is 0 Å². The molecule has 2 fully saturated rings. The van der Waals surface area contributed by atoms with Crippen LogP contribution in [0.2, 0.25) is 0 Å². The first-order chi connectivity index (χ1) is 11.9. The van der Waals surface area contributed by atoms with E-state index in [1.54, 1.807) is 7.11 Å². The molecular formula is C20H20N2O3. The average Bonchev–Trinajstić information content (AvgIpc) is 2.89. The Balaban J connectivity index is 1.64. The van der Waals surface area contributed by atoms with E-state index in [2.05, 4.69) is 26.0 Å². The van der Waals surface area contributed by atoms with Crippen LogP contribution in [0.15, 0.2) is 47.5 Å². The highest BCUT2D eigenvalue weighted by atomic mass is 16.5. The Bertz CT molecular complexity index is 861. The highest BCUT2D eigenvalue weighted by Crippen LogP contribution is 2.67. The summed E-state index contributed by atoms with van der Waals surface area (Å²) in [6.45, 7) is 4.22. The Kier molecular flexibility index (Phi) is 2.61. The van der Waals surface area contributed by atoms with Gasteiger partial charge >= 0.3 is 0 Å². The molecule has 6 rings (SSSR count). The molecule has 1 saturated carbocycles. The molecule has 5 aliphatic rings. The predicted molar refractivity (Wildman–Crippen MR) is 93.0 cm³/mol. The maximum absolute atomic E-state index is 13.2. The molecule has 1 aromatic rings. The van der Waals surface area contributed by atoms with Crippen LogP contribution in [0, 0.1) is 29.1 Å². The molecule has 5 heteroatoms. The van der Waals surface area contributed by atoms with Crippen LogP contribution in [0.4, 0.5) is 5.69 Å². The van der Waals surface area contributed by atoms with Crippen LogP contribution in [-0.2, 0) is 14.3 Å². The molecule has 0 aromatic heterocycles. The van der Waals surface area contributed by atoms with Gasteiger partial charge in [0.25, 0.3) is 0 Å². The molecule has 25 heavy (non-hydrogen) atoms. The Morgan fingerprint density at radius 2 is 1.60 bits per heavy atom. The van der Waals surface area contributed by atoms with E-state index in [-0.39, 0.29) is 46.4 Å². The van der Waals surface area contributed by atoms with Gasteiger partial charge in [-0.1, -0.05) is 30.4 Å². The first-order valence-corrected chi connectivity index (χ1v) is 8.70. The van der Waals surface area contributed by atoms with Gasteiger partial charge < -0.3 is 4.74 Å². The van der Waals surface area contributed by atoms with Gasteiger partial charge in [0.05, 0.1) is 35.6 Å². The minimum absolute atomic E-state index is 0.0647. The number of imide groups is 1. The number of benzene rings is 1. The highest BCUT2D eigenvalue weighted by molar-refractivity contribution is 6.23. The van der Waals surface area contributed by atoms with E-state index in [9.17, 15) is 9.59 Å². The van der Waals surface area contributed by atoms with Gasteiger partial charge in [-0.25, -0.2) is 4.99 Å². The molecule has 0 radical (unpaired) electrons. The number of anilines is 1. The second kappa shape index (κ2) is 4.40. The third kappa shape index (κ3) is 1.41. The minimum atomic E-state index is -0.387. The number of para-hydroxylation sites is 1. The number of carbonyl (C=O) groups excluding carboxylic acids is 2. The van der Waals surface area contributed by atoms with Gasteiger partial charge in [-0.3, -0.25) is 14.5 Å². The number of hydrogen-bond donors (Lipinski definition) is 0. The summed E-state index contributed by atoms with van der Waals surface area (Å²) in [5.74, 6) is -0.284. The monoisotopic (exact) mass is 336 g/mol. The van der Waals surface area contributed by atoms with Crippen LogP contribution in [0.25, 0.3) is 0 Å². The molecule has 128 valence electrons. The smallest absolute Gasteiger partial charge is 0.238 e. The highest BCUT2D eigenvalue weighted by Gasteiger charge is 2.76. The molecule has 2 aliphatic heterocycles. The van der Waals surface area contributed by atoms with Crippen LogP contribution < -0.4 is 4.90 Å². The Hall–Kier alpha value is -2.43. The van der Waals surface area contributed by atoms with Crippen molar-refractivity contribution in [2.75, 3.05) is 12.0 Å². The van der Waals surface area contributed by atoms with Gasteiger partial charge in [0, 0.05) is 11.8 Å². The first kappa shape index (κ1) is 14.9. The minimum Gasteiger partial charge on any atom is -0.484 e. The Labute approximate surface area is 146 Å². The van der Waals surface area contributed by atoms with E-state index < -0.39 is 0 Å². The van der Waals surface area contributed by atoms with Gasteiger partial charge in [-0.2, -0.15) is 0 Å². The van der Waals surface area contributed by atoms with Crippen molar-refractivity contribution in [2.24, 2.45) is 34.1 Å². The number of ether oxygens (including phenoxy) is 1. The van der Waals surface area contributed by atoms with Crippen molar-refractivity contribution in [1.29, 1.82) is 0 Å². The zero-order valence-electron chi connectivity index (χ0n) is 14.5. The number of hydrogen-bond acceptors (Lipinski definition) is 4. The first-order valence-electron chi connectivity index (χ1n) is 8.70. The number of nitrogens with zero attached hydrogens (tertiary/aromatic N) is 2. The van der Waals surface area contributed by atoms with Crippen molar-refractivity contribution >= 4 is 23.4 Å². The normalized spacial score (nSPS) is 43.5. The molecule has 3 aliphatic carbocycles. The van der Waals surface area contributed by atoms with Gasteiger partial charge in [0.15, 0.2) is 5.90 Å². The molecule has 2 heterocycles. The van der Waals surface area contributed by atoms with Crippen LogP contribution in [0.3, 0.4) is 0 Å². The van der Waals surface area contributed by atoms with Crippen molar-refractivity contribution < 1.29 is 14.3 Å². The summed E-state index contributed by atoms with van der Waals surface area (Å²) in [6, 6.07) is 9.22. The number of amides is 2. The lowest BCUT2D eigenvalue weighted by Crippen LogP contribution is -2.72. The van der Waals surface area contributed by atoms with E-state index in [0.29, 0.717) is 11.6 Å². The molecule has 6 atom stereocenters. The van der Waals surface area contributed by atoms with Crippen molar-refractivity contribution in [3.8, 4) is 0 Å². The number of allylic oxidation sites excluding steroid dienone is 1. The largest absolute Gasteiger partial charge is 0.484 e. The fraction of sp³-hybridized carbons (Fsp3) is 0.450. The van der Waals surface area contributed by atoms with Crippen LogP contribution >= 0.6 is 0 Å². The molecule has 0 N–H and O–H groups in total. The summed E-state index contributed by atoms with van der Waals surface area (Å²) in [5, 5.41) is 0. The quantitative estimate of drug-likeness (QED) is 0.585. The zero-order chi connectivity index (χ0) is 17.6. The van der Waals surface area contributed by atoms with Crippen LogP contribution in [0.1, 0.15) is 13.8 Å². The van der Waals surface area contributed by atoms with Crippen LogP contribution in [-0.4, -0.2) is 30.4 Å². The summed E-state index contributed by atoms with van der Waals surface area (Å²) in [4.78, 5) is 32.6. The number of methoxy groups -OCH3 is 1. The lowest BCUT2D eigenvalue weighted by molar-refractivity contribution is -0.135. The molecule has 6 unspecified atom stereocenters. The number of aliphatic imine (C=N–C) groups is 1. The summed E-state index contributed by atoms with van der Waals surface area (Å²) < 4.78 is 5.50. The maximum atomic E-state index is 13.2. The molecule has 1 aromatic carbocycles. The summed E-state index contributed by atoms with van der Waals surface area (Å²) in [6.07, 6.45) is 4.21. The standard InChI is InChI=1S/C20H20N2O3/c1-19-12-9-10-13(20(19,2)21-18(19)25-3)15-14(12)16(23)22(17(15)24)11-7-5-4-6-8-11/h4-10,12-15H,1-3H3.